The van der Waals surface area contributed by atoms with Crippen LogP contribution in [0.25, 0.3) is 0 Å². The number of hydrogen-bond donors (Lipinski definition) is 2. The highest BCUT2D eigenvalue weighted by molar-refractivity contribution is 5.76. The lowest BCUT2D eigenvalue weighted by Gasteiger charge is -2.19. The topological polar surface area (TPSA) is 115 Å². The van der Waals surface area contributed by atoms with Crippen molar-refractivity contribution in [3.05, 3.63) is 35.4 Å². The van der Waals surface area contributed by atoms with E-state index in [2.05, 4.69) is 0 Å². The summed E-state index contributed by atoms with van der Waals surface area (Å²) in [4.78, 5) is 12.4. The Kier molecular flexibility index (Phi) is 5.00. The van der Waals surface area contributed by atoms with Crippen molar-refractivity contribution >= 4 is 17.3 Å². The van der Waals surface area contributed by atoms with Gasteiger partial charge in [-0.1, -0.05) is 0 Å². The standard InChI is InChI=1S/C21H24N2O6/c1-25-17-5-12(15(22)7-18(17)26-2)4-14-13(9-27-21(14)24)3-11-6-19-20(8-16(11)23)29-10-28-19/h5-8,13-14H,3-4,9-10,22-23H2,1-2H3/t13-,14+/m1/s1. The Bertz CT molecular complexity index is 945. The van der Waals surface area contributed by atoms with Crippen LogP contribution in [0.1, 0.15) is 11.1 Å². The molecule has 1 saturated heterocycles. The minimum atomic E-state index is -0.333. The van der Waals surface area contributed by atoms with Crippen LogP contribution in [0.3, 0.4) is 0 Å². The highest BCUT2D eigenvalue weighted by Gasteiger charge is 2.38. The highest BCUT2D eigenvalue weighted by Crippen LogP contribution is 2.39. The number of hydrogen-bond acceptors (Lipinski definition) is 8. The first-order valence-corrected chi connectivity index (χ1v) is 9.35. The fourth-order valence-electron chi connectivity index (χ4n) is 3.87. The van der Waals surface area contributed by atoms with Crippen LogP contribution in [0.2, 0.25) is 0 Å². The molecule has 4 N–H and O–H groups in total. The minimum absolute atomic E-state index is 0.0299. The summed E-state index contributed by atoms with van der Waals surface area (Å²) in [5, 5.41) is 0. The molecule has 4 rings (SSSR count). The molecule has 1 fully saturated rings. The van der Waals surface area contributed by atoms with Gasteiger partial charge in [0.15, 0.2) is 23.0 Å². The van der Waals surface area contributed by atoms with Gasteiger partial charge in [-0.15, -0.1) is 0 Å². The van der Waals surface area contributed by atoms with Gasteiger partial charge in [0.05, 0.1) is 26.7 Å². The summed E-state index contributed by atoms with van der Waals surface area (Å²) < 4.78 is 26.8. The average molecular weight is 400 g/mol. The quantitative estimate of drug-likeness (QED) is 0.560. The maximum absolute atomic E-state index is 12.4. The number of anilines is 2. The lowest BCUT2D eigenvalue weighted by atomic mass is 9.84. The van der Waals surface area contributed by atoms with Gasteiger partial charge < -0.3 is 35.2 Å². The van der Waals surface area contributed by atoms with Crippen LogP contribution in [0.15, 0.2) is 24.3 Å². The van der Waals surface area contributed by atoms with Crippen molar-refractivity contribution in [3.8, 4) is 23.0 Å². The first-order chi connectivity index (χ1) is 14.0. The van der Waals surface area contributed by atoms with E-state index in [-0.39, 0.29) is 24.6 Å². The van der Waals surface area contributed by atoms with Crippen LogP contribution < -0.4 is 30.4 Å². The number of methoxy groups -OCH3 is 2. The smallest absolute Gasteiger partial charge is 0.309 e. The molecule has 2 aliphatic heterocycles. The van der Waals surface area contributed by atoms with Crippen molar-refractivity contribution in [2.24, 2.45) is 11.8 Å². The minimum Gasteiger partial charge on any atom is -0.493 e. The van der Waals surface area contributed by atoms with Crippen LogP contribution in [-0.4, -0.2) is 33.6 Å². The fourth-order valence-corrected chi connectivity index (χ4v) is 3.87. The number of fused-ring (bicyclic) bond motifs is 1. The second kappa shape index (κ2) is 7.62. The molecule has 2 atom stereocenters. The Labute approximate surface area is 168 Å². The van der Waals surface area contributed by atoms with Crippen molar-refractivity contribution in [3.63, 3.8) is 0 Å². The van der Waals surface area contributed by atoms with Crippen LogP contribution in [0, 0.1) is 11.8 Å². The zero-order valence-electron chi connectivity index (χ0n) is 16.4. The number of cyclic esters (lactones) is 1. The molecule has 0 saturated carbocycles. The Morgan fingerprint density at radius 1 is 0.897 bits per heavy atom. The number of esters is 1. The Morgan fingerprint density at radius 2 is 1.52 bits per heavy atom. The van der Waals surface area contributed by atoms with E-state index in [9.17, 15) is 4.79 Å². The van der Waals surface area contributed by atoms with Crippen molar-refractivity contribution in [2.75, 3.05) is 39.1 Å². The summed E-state index contributed by atoms with van der Waals surface area (Å²) in [5.41, 5.74) is 15.3. The van der Waals surface area contributed by atoms with Gasteiger partial charge in [0.25, 0.3) is 0 Å². The number of rotatable bonds is 6. The molecule has 0 spiro atoms. The van der Waals surface area contributed by atoms with E-state index in [4.69, 9.17) is 35.2 Å². The average Bonchev–Trinajstić information content (AvgIpc) is 3.30. The Balaban J connectivity index is 1.57. The van der Waals surface area contributed by atoms with Gasteiger partial charge in [-0.2, -0.15) is 0 Å². The predicted octanol–water partition coefficient (Wildman–Crippen LogP) is 2.17. The maximum atomic E-state index is 12.4. The molecule has 8 heteroatoms. The lowest BCUT2D eigenvalue weighted by molar-refractivity contribution is -0.141. The summed E-state index contributed by atoms with van der Waals surface area (Å²) in [6.45, 7) is 0.523. The molecule has 29 heavy (non-hydrogen) atoms. The van der Waals surface area contributed by atoms with Crippen molar-refractivity contribution < 1.29 is 28.5 Å². The van der Waals surface area contributed by atoms with Gasteiger partial charge >= 0.3 is 5.97 Å². The molecule has 2 aromatic carbocycles. The van der Waals surface area contributed by atoms with Crippen molar-refractivity contribution in [1.82, 2.24) is 0 Å². The summed E-state index contributed by atoms with van der Waals surface area (Å²) in [6.07, 6.45) is 1.03. The van der Waals surface area contributed by atoms with Gasteiger partial charge in [-0.05, 0) is 36.1 Å². The molecular formula is C21H24N2O6. The van der Waals surface area contributed by atoms with Gasteiger partial charge in [0.2, 0.25) is 6.79 Å². The number of benzene rings is 2. The summed E-state index contributed by atoms with van der Waals surface area (Å²) in [5.74, 6) is 1.83. The van der Waals surface area contributed by atoms with Gasteiger partial charge in [0.1, 0.15) is 0 Å². The maximum Gasteiger partial charge on any atom is 0.309 e. The monoisotopic (exact) mass is 400 g/mol. The molecule has 0 unspecified atom stereocenters. The SMILES string of the molecule is COc1cc(N)c(C[C@@H]2C(=O)OC[C@H]2Cc2cc3c(cc2N)OCO3)cc1OC. The van der Waals surface area contributed by atoms with Gasteiger partial charge in [-0.25, -0.2) is 0 Å². The number of nitrogens with two attached hydrogens (primary N) is 2. The molecule has 154 valence electrons. The first-order valence-electron chi connectivity index (χ1n) is 9.35. The number of carbonyl (C=O) groups excluding carboxylic acids is 1. The third kappa shape index (κ3) is 3.57. The lowest BCUT2D eigenvalue weighted by Crippen LogP contribution is -2.21. The van der Waals surface area contributed by atoms with E-state index in [1.165, 1.54) is 0 Å². The summed E-state index contributed by atoms with van der Waals surface area (Å²) >= 11 is 0. The van der Waals surface area contributed by atoms with E-state index >= 15 is 0 Å². The van der Waals surface area contributed by atoms with Gasteiger partial charge in [-0.3, -0.25) is 4.79 Å². The third-order valence-corrected chi connectivity index (χ3v) is 5.51. The van der Waals surface area contributed by atoms with Crippen LogP contribution in [0.4, 0.5) is 11.4 Å². The zero-order valence-corrected chi connectivity index (χ0v) is 16.4. The largest absolute Gasteiger partial charge is 0.493 e. The van der Waals surface area contributed by atoms with Crippen molar-refractivity contribution in [1.29, 1.82) is 0 Å². The zero-order chi connectivity index (χ0) is 20.5. The first kappa shape index (κ1) is 19.0. The molecule has 2 aliphatic rings. The summed E-state index contributed by atoms with van der Waals surface area (Å²) in [7, 11) is 3.12. The van der Waals surface area contributed by atoms with Crippen molar-refractivity contribution in [2.45, 2.75) is 12.8 Å². The Morgan fingerprint density at radius 3 is 2.24 bits per heavy atom. The molecule has 0 aromatic heterocycles. The third-order valence-electron chi connectivity index (χ3n) is 5.51. The fraction of sp³-hybridized carbons (Fsp3) is 0.381. The molecule has 0 amide bonds. The summed E-state index contributed by atoms with van der Waals surface area (Å²) in [6, 6.07) is 7.16. The Hall–Kier alpha value is -3.29. The second-order valence-electron chi connectivity index (χ2n) is 7.22. The molecule has 2 heterocycles. The van der Waals surface area contributed by atoms with E-state index in [1.807, 2.05) is 12.1 Å². The van der Waals surface area contributed by atoms with Crippen LogP contribution >= 0.6 is 0 Å². The molecule has 8 nitrogen and oxygen atoms in total. The second-order valence-corrected chi connectivity index (χ2v) is 7.22. The number of ether oxygens (including phenoxy) is 5. The van der Waals surface area contributed by atoms with E-state index in [0.717, 1.165) is 11.1 Å². The number of nitrogen functional groups attached to an aromatic ring is 2. The molecular weight excluding hydrogens is 376 g/mol. The van der Waals surface area contributed by atoms with Crippen LogP contribution in [0.5, 0.6) is 23.0 Å². The normalized spacial score (nSPS) is 19.9. The molecule has 0 aliphatic carbocycles. The number of carbonyl (C=O) groups is 1. The van der Waals surface area contributed by atoms with E-state index in [0.29, 0.717) is 53.8 Å². The molecule has 0 radical (unpaired) electrons. The molecule has 0 bridgehead atoms. The highest BCUT2D eigenvalue weighted by atomic mass is 16.7. The predicted molar refractivity (Wildman–Crippen MR) is 106 cm³/mol. The van der Waals surface area contributed by atoms with E-state index in [1.54, 1.807) is 26.4 Å². The van der Waals surface area contributed by atoms with Crippen LogP contribution in [-0.2, 0) is 22.4 Å². The van der Waals surface area contributed by atoms with E-state index < -0.39 is 0 Å². The van der Waals surface area contributed by atoms with Gasteiger partial charge in [0, 0.05) is 29.4 Å². The molecule has 2 aromatic rings.